The molecule has 0 bridgehead atoms. The maximum Gasteiger partial charge on any atom is 0.310 e. The molecule has 178 valence electrons. The molecular formula is C24H32ClN5O3. The average Bonchev–Trinajstić information content (AvgIpc) is 3.12. The number of amides is 1. The van der Waals surface area contributed by atoms with Crippen molar-refractivity contribution in [3.8, 4) is 0 Å². The van der Waals surface area contributed by atoms with Crippen molar-refractivity contribution in [1.29, 1.82) is 0 Å². The molecule has 1 aliphatic carbocycles. The number of ether oxygens (including phenoxy) is 1. The van der Waals surface area contributed by atoms with E-state index in [9.17, 15) is 9.59 Å². The van der Waals surface area contributed by atoms with Crippen LogP contribution < -0.4 is 10.6 Å². The first-order chi connectivity index (χ1) is 15.7. The standard InChI is InChI=1S/C24H32ClN5O3/c1-24(2,3)29-15-6-8-20(17(12-15)23(32)33-4)30-10-9-19(22(30)31)28-21-16-11-14(25)5-7-18(16)26-13-27-21/h5,7,11,13,15,17,19-20,29H,6,8-10,12H2,1-4H3,(H,26,27,28)/t15-,17-,19?,20+/m1/s1. The van der Waals surface area contributed by atoms with E-state index in [0.29, 0.717) is 30.2 Å². The van der Waals surface area contributed by atoms with E-state index in [1.165, 1.54) is 13.4 Å². The number of halogens is 1. The summed E-state index contributed by atoms with van der Waals surface area (Å²) in [5.41, 5.74) is 0.717. The number of fused-ring (bicyclic) bond motifs is 1. The molecule has 9 heteroatoms. The summed E-state index contributed by atoms with van der Waals surface area (Å²) in [4.78, 5) is 36.6. The fourth-order valence-electron chi connectivity index (χ4n) is 5.15. The van der Waals surface area contributed by atoms with Crippen LogP contribution in [0.15, 0.2) is 24.5 Å². The number of hydrogen-bond acceptors (Lipinski definition) is 7. The second-order valence-electron chi connectivity index (χ2n) is 10.0. The Morgan fingerprint density at radius 2 is 2.00 bits per heavy atom. The van der Waals surface area contributed by atoms with E-state index < -0.39 is 6.04 Å². The summed E-state index contributed by atoms with van der Waals surface area (Å²) in [6.45, 7) is 6.96. The number of carbonyl (C=O) groups excluding carboxylic acids is 2. The number of nitrogens with one attached hydrogen (secondary N) is 2. The molecule has 1 unspecified atom stereocenters. The van der Waals surface area contributed by atoms with E-state index in [4.69, 9.17) is 16.3 Å². The Hall–Kier alpha value is -2.45. The lowest BCUT2D eigenvalue weighted by Gasteiger charge is -2.41. The van der Waals surface area contributed by atoms with Crippen molar-refractivity contribution in [2.24, 2.45) is 5.92 Å². The van der Waals surface area contributed by atoms with Gasteiger partial charge in [-0.1, -0.05) is 11.6 Å². The Morgan fingerprint density at radius 1 is 1.21 bits per heavy atom. The lowest BCUT2D eigenvalue weighted by Crippen LogP contribution is -2.54. The van der Waals surface area contributed by atoms with Gasteiger partial charge >= 0.3 is 5.97 Å². The average molecular weight is 474 g/mol. The number of esters is 1. The topological polar surface area (TPSA) is 96.5 Å². The molecule has 2 aliphatic rings. The minimum absolute atomic E-state index is 0.00933. The van der Waals surface area contributed by atoms with Gasteiger partial charge in [0.15, 0.2) is 0 Å². The zero-order valence-corrected chi connectivity index (χ0v) is 20.4. The molecule has 1 saturated carbocycles. The summed E-state index contributed by atoms with van der Waals surface area (Å²) in [5, 5.41) is 8.26. The van der Waals surface area contributed by atoms with Crippen LogP contribution in [0.25, 0.3) is 10.9 Å². The molecule has 4 atom stereocenters. The van der Waals surface area contributed by atoms with Gasteiger partial charge in [0.2, 0.25) is 5.91 Å². The zero-order chi connectivity index (χ0) is 23.8. The summed E-state index contributed by atoms with van der Waals surface area (Å²) >= 11 is 6.16. The minimum atomic E-state index is -0.411. The van der Waals surface area contributed by atoms with Crippen LogP contribution in [0.5, 0.6) is 0 Å². The molecule has 2 aromatic rings. The molecule has 1 aromatic heterocycles. The van der Waals surface area contributed by atoms with Crippen LogP contribution in [0.1, 0.15) is 46.5 Å². The van der Waals surface area contributed by atoms with E-state index in [2.05, 4.69) is 41.4 Å². The van der Waals surface area contributed by atoms with Crippen LogP contribution in [0.3, 0.4) is 0 Å². The third kappa shape index (κ3) is 5.22. The molecule has 1 aromatic carbocycles. The van der Waals surface area contributed by atoms with E-state index in [1.54, 1.807) is 12.1 Å². The SMILES string of the molecule is COC(=O)[C@@H]1C[C@H](NC(C)(C)C)CC[C@@H]1N1CCC(Nc2ncnc3ccc(Cl)cc23)C1=O. The third-order valence-electron chi connectivity index (χ3n) is 6.50. The molecule has 2 N–H and O–H groups in total. The van der Waals surface area contributed by atoms with Crippen LogP contribution in [0.2, 0.25) is 5.02 Å². The summed E-state index contributed by atoms with van der Waals surface area (Å²) < 4.78 is 5.13. The number of hydrogen-bond donors (Lipinski definition) is 2. The van der Waals surface area contributed by atoms with E-state index in [0.717, 1.165) is 23.7 Å². The molecule has 1 aliphatic heterocycles. The first kappa shape index (κ1) is 23.7. The van der Waals surface area contributed by atoms with E-state index >= 15 is 0 Å². The highest BCUT2D eigenvalue weighted by atomic mass is 35.5. The first-order valence-electron chi connectivity index (χ1n) is 11.5. The van der Waals surface area contributed by atoms with Crippen molar-refractivity contribution >= 4 is 40.2 Å². The van der Waals surface area contributed by atoms with Gasteiger partial charge in [0.1, 0.15) is 18.2 Å². The predicted octanol–water partition coefficient (Wildman–Crippen LogP) is 3.39. The van der Waals surface area contributed by atoms with Crippen molar-refractivity contribution < 1.29 is 14.3 Å². The quantitative estimate of drug-likeness (QED) is 0.642. The zero-order valence-electron chi connectivity index (χ0n) is 19.6. The number of benzene rings is 1. The highest BCUT2D eigenvalue weighted by molar-refractivity contribution is 6.31. The number of rotatable bonds is 5. The van der Waals surface area contributed by atoms with Gasteiger partial charge in [-0.05, 0) is 64.7 Å². The maximum absolute atomic E-state index is 13.4. The van der Waals surface area contributed by atoms with Gasteiger partial charge in [-0.25, -0.2) is 9.97 Å². The largest absolute Gasteiger partial charge is 0.469 e. The van der Waals surface area contributed by atoms with Gasteiger partial charge < -0.3 is 20.3 Å². The second kappa shape index (κ2) is 9.43. The van der Waals surface area contributed by atoms with E-state index in [1.807, 2.05) is 11.0 Å². The van der Waals surface area contributed by atoms with Crippen molar-refractivity contribution in [1.82, 2.24) is 20.2 Å². The van der Waals surface area contributed by atoms with Crippen LogP contribution in [-0.2, 0) is 14.3 Å². The Bertz CT molecular complexity index is 1040. The van der Waals surface area contributed by atoms with Crippen molar-refractivity contribution in [3.63, 3.8) is 0 Å². The lowest BCUT2D eigenvalue weighted by atomic mass is 9.80. The first-order valence-corrected chi connectivity index (χ1v) is 11.9. The smallest absolute Gasteiger partial charge is 0.310 e. The fraction of sp³-hybridized carbons (Fsp3) is 0.583. The van der Waals surface area contributed by atoms with Gasteiger partial charge in [-0.15, -0.1) is 0 Å². The number of nitrogens with zero attached hydrogens (tertiary/aromatic N) is 3. The molecular weight excluding hydrogens is 442 g/mol. The molecule has 33 heavy (non-hydrogen) atoms. The van der Waals surface area contributed by atoms with Crippen LogP contribution in [0, 0.1) is 5.92 Å². The molecule has 8 nitrogen and oxygen atoms in total. The Kier molecular flexibility index (Phi) is 6.77. The van der Waals surface area contributed by atoms with Crippen LogP contribution in [-0.4, -0.2) is 64.1 Å². The predicted molar refractivity (Wildman–Crippen MR) is 128 cm³/mol. The van der Waals surface area contributed by atoms with Gasteiger partial charge in [0.25, 0.3) is 0 Å². The van der Waals surface area contributed by atoms with Gasteiger partial charge in [-0.3, -0.25) is 9.59 Å². The molecule has 0 spiro atoms. The summed E-state index contributed by atoms with van der Waals surface area (Å²) in [7, 11) is 1.42. The fourth-order valence-corrected chi connectivity index (χ4v) is 5.32. The summed E-state index contributed by atoms with van der Waals surface area (Å²) in [5.74, 6) is -0.0127. The molecule has 1 saturated heterocycles. The Labute approximate surface area is 199 Å². The molecule has 1 amide bonds. The number of methoxy groups -OCH3 is 1. The van der Waals surface area contributed by atoms with Gasteiger partial charge in [0.05, 0.1) is 18.5 Å². The number of likely N-dealkylation sites (tertiary alicyclic amines) is 1. The van der Waals surface area contributed by atoms with Crippen molar-refractivity contribution in [2.75, 3.05) is 19.0 Å². The number of aromatic nitrogens is 2. The summed E-state index contributed by atoms with van der Waals surface area (Å²) in [6, 6.07) is 5.05. The highest BCUT2D eigenvalue weighted by Gasteiger charge is 2.45. The molecule has 2 heterocycles. The molecule has 4 rings (SSSR count). The highest BCUT2D eigenvalue weighted by Crippen LogP contribution is 2.34. The Morgan fingerprint density at radius 3 is 2.73 bits per heavy atom. The minimum Gasteiger partial charge on any atom is -0.469 e. The van der Waals surface area contributed by atoms with E-state index in [-0.39, 0.29) is 35.4 Å². The normalized spacial score (nSPS) is 26.0. The number of anilines is 1. The van der Waals surface area contributed by atoms with Crippen LogP contribution >= 0.6 is 11.6 Å². The van der Waals surface area contributed by atoms with Crippen molar-refractivity contribution in [2.45, 2.75) is 70.1 Å². The second-order valence-corrected chi connectivity index (χ2v) is 10.4. The Balaban J connectivity index is 1.50. The van der Waals surface area contributed by atoms with Crippen molar-refractivity contribution in [3.05, 3.63) is 29.5 Å². The monoisotopic (exact) mass is 473 g/mol. The lowest BCUT2D eigenvalue weighted by molar-refractivity contribution is -0.151. The molecule has 2 fully saturated rings. The number of carbonyl (C=O) groups is 2. The van der Waals surface area contributed by atoms with Gasteiger partial charge in [-0.2, -0.15) is 0 Å². The van der Waals surface area contributed by atoms with Crippen LogP contribution in [0.4, 0.5) is 5.82 Å². The molecule has 0 radical (unpaired) electrons. The third-order valence-corrected chi connectivity index (χ3v) is 6.74. The summed E-state index contributed by atoms with van der Waals surface area (Å²) in [6.07, 6.45) is 4.45. The van der Waals surface area contributed by atoms with Gasteiger partial charge in [0, 0.05) is 34.6 Å². The maximum atomic E-state index is 13.4.